The van der Waals surface area contributed by atoms with Crippen molar-refractivity contribution in [3.8, 4) is 23.7 Å². The number of carbonyl (C=O) groups is 1. The lowest BCUT2D eigenvalue weighted by Crippen LogP contribution is -2.58. The fourth-order valence-corrected chi connectivity index (χ4v) is 3.14. The molecule has 0 N–H and O–H groups in total. The summed E-state index contributed by atoms with van der Waals surface area (Å²) in [5.74, 6) is 5.82. The standard InChI is InChI=1S/C19H21N5O2/c1-4-5-19(25)23-6-7-24-15(11-23)12-26-18-9-16(21-13-22(2)3)14(10-20)8-17(18)24/h8-9,13,15H,6-7,11-12H2,1-3H3/b21-13-/t15-/m0/s1. The van der Waals surface area contributed by atoms with Crippen molar-refractivity contribution in [1.29, 1.82) is 5.26 Å². The first-order valence-electron chi connectivity index (χ1n) is 8.43. The fourth-order valence-electron chi connectivity index (χ4n) is 3.14. The average Bonchev–Trinajstić information content (AvgIpc) is 2.65. The summed E-state index contributed by atoms with van der Waals surface area (Å²) in [5.41, 5.74) is 1.97. The number of aliphatic imine (C=N–C) groups is 1. The summed E-state index contributed by atoms with van der Waals surface area (Å²) in [6.45, 7) is 4.00. The summed E-state index contributed by atoms with van der Waals surface area (Å²) >= 11 is 0. The number of fused-ring (bicyclic) bond motifs is 3. The van der Waals surface area contributed by atoms with Crippen molar-refractivity contribution in [3.63, 3.8) is 0 Å². The van der Waals surface area contributed by atoms with Gasteiger partial charge in [0.1, 0.15) is 18.4 Å². The normalized spacial score (nSPS) is 18.2. The van der Waals surface area contributed by atoms with Gasteiger partial charge in [-0.05, 0) is 18.9 Å². The summed E-state index contributed by atoms with van der Waals surface area (Å²) in [6, 6.07) is 5.90. The van der Waals surface area contributed by atoms with Gasteiger partial charge in [-0.3, -0.25) is 4.79 Å². The molecule has 0 spiro atoms. The maximum Gasteiger partial charge on any atom is 0.298 e. The molecular formula is C19H21N5O2. The Morgan fingerprint density at radius 2 is 2.23 bits per heavy atom. The zero-order valence-electron chi connectivity index (χ0n) is 15.2. The predicted octanol–water partition coefficient (Wildman–Crippen LogP) is 1.21. The van der Waals surface area contributed by atoms with E-state index in [2.05, 4.69) is 27.8 Å². The number of piperazine rings is 1. The monoisotopic (exact) mass is 351 g/mol. The number of benzene rings is 1. The van der Waals surface area contributed by atoms with Gasteiger partial charge in [-0.15, -0.1) is 0 Å². The van der Waals surface area contributed by atoms with Crippen LogP contribution in [0, 0.1) is 23.2 Å². The van der Waals surface area contributed by atoms with Crippen LogP contribution in [0.15, 0.2) is 17.1 Å². The molecule has 1 saturated heterocycles. The van der Waals surface area contributed by atoms with Gasteiger partial charge in [-0.25, -0.2) is 4.99 Å². The Morgan fingerprint density at radius 3 is 2.92 bits per heavy atom. The SMILES string of the molecule is CC#CC(=O)N1CCN2c3cc(C#N)c(/N=C\N(C)C)cc3OC[C@@H]2C1. The molecule has 134 valence electrons. The quantitative estimate of drug-likeness (QED) is 0.455. The molecule has 1 aromatic rings. The van der Waals surface area contributed by atoms with Crippen LogP contribution < -0.4 is 9.64 Å². The van der Waals surface area contributed by atoms with Gasteiger partial charge in [0.2, 0.25) is 0 Å². The van der Waals surface area contributed by atoms with E-state index in [1.54, 1.807) is 18.2 Å². The van der Waals surface area contributed by atoms with Crippen molar-refractivity contribution < 1.29 is 9.53 Å². The largest absolute Gasteiger partial charge is 0.489 e. The minimum atomic E-state index is -0.149. The van der Waals surface area contributed by atoms with E-state index in [9.17, 15) is 10.1 Å². The number of hydrogen-bond donors (Lipinski definition) is 0. The smallest absolute Gasteiger partial charge is 0.298 e. The molecule has 0 aliphatic carbocycles. The van der Waals surface area contributed by atoms with Crippen molar-refractivity contribution in [3.05, 3.63) is 17.7 Å². The summed E-state index contributed by atoms with van der Waals surface area (Å²) in [5, 5.41) is 9.49. The van der Waals surface area contributed by atoms with Crippen LogP contribution in [0.25, 0.3) is 0 Å². The Balaban J connectivity index is 1.87. The first kappa shape index (κ1) is 17.6. The van der Waals surface area contributed by atoms with Gasteiger partial charge in [0.15, 0.2) is 0 Å². The predicted molar refractivity (Wildman–Crippen MR) is 99.7 cm³/mol. The first-order valence-corrected chi connectivity index (χ1v) is 8.43. The Labute approximate surface area is 153 Å². The van der Waals surface area contributed by atoms with Crippen LogP contribution in [0.1, 0.15) is 12.5 Å². The molecule has 0 aromatic heterocycles. The molecule has 2 heterocycles. The number of carbonyl (C=O) groups excluding carboxylic acids is 1. The molecule has 1 amide bonds. The lowest BCUT2D eigenvalue weighted by Gasteiger charge is -2.45. The van der Waals surface area contributed by atoms with Crippen LogP contribution in [0.4, 0.5) is 11.4 Å². The van der Waals surface area contributed by atoms with Crippen LogP contribution in [0.3, 0.4) is 0 Å². The van der Waals surface area contributed by atoms with E-state index in [0.717, 1.165) is 11.4 Å². The fraction of sp³-hybridized carbons (Fsp3) is 0.421. The third kappa shape index (κ3) is 3.43. The molecule has 26 heavy (non-hydrogen) atoms. The molecule has 1 atom stereocenters. The topological polar surface area (TPSA) is 72.2 Å². The molecule has 7 heteroatoms. The second kappa shape index (κ2) is 7.37. The van der Waals surface area contributed by atoms with Crippen LogP contribution >= 0.6 is 0 Å². The zero-order chi connectivity index (χ0) is 18.7. The summed E-state index contributed by atoms with van der Waals surface area (Å²) < 4.78 is 5.92. The Bertz CT molecular complexity index is 844. The van der Waals surface area contributed by atoms with Gasteiger partial charge in [0.05, 0.1) is 29.3 Å². The van der Waals surface area contributed by atoms with E-state index in [-0.39, 0.29) is 11.9 Å². The maximum absolute atomic E-state index is 12.0. The number of ether oxygens (including phenoxy) is 1. The highest BCUT2D eigenvalue weighted by molar-refractivity contribution is 5.93. The van der Waals surface area contributed by atoms with E-state index in [1.165, 1.54) is 0 Å². The van der Waals surface area contributed by atoms with E-state index >= 15 is 0 Å². The van der Waals surface area contributed by atoms with Crippen molar-refractivity contribution in [1.82, 2.24) is 9.80 Å². The van der Waals surface area contributed by atoms with Gasteiger partial charge in [-0.1, -0.05) is 5.92 Å². The summed E-state index contributed by atoms with van der Waals surface area (Å²) in [7, 11) is 3.75. The highest BCUT2D eigenvalue weighted by Crippen LogP contribution is 2.40. The lowest BCUT2D eigenvalue weighted by atomic mass is 10.1. The van der Waals surface area contributed by atoms with E-state index in [4.69, 9.17) is 4.74 Å². The van der Waals surface area contributed by atoms with Crippen LogP contribution in [0.2, 0.25) is 0 Å². The molecular weight excluding hydrogens is 330 g/mol. The molecule has 2 aliphatic rings. The maximum atomic E-state index is 12.0. The van der Waals surface area contributed by atoms with E-state index in [1.807, 2.05) is 31.1 Å². The van der Waals surface area contributed by atoms with Gasteiger partial charge >= 0.3 is 0 Å². The number of hydrogen-bond acceptors (Lipinski definition) is 5. The Hall–Kier alpha value is -3.19. The number of anilines is 1. The minimum Gasteiger partial charge on any atom is -0.489 e. The number of amides is 1. The van der Waals surface area contributed by atoms with Crippen molar-refractivity contribution in [2.24, 2.45) is 4.99 Å². The number of nitriles is 1. The summed E-state index contributed by atoms with van der Waals surface area (Å²) in [4.78, 5) is 22.2. The first-order chi connectivity index (χ1) is 12.5. The highest BCUT2D eigenvalue weighted by atomic mass is 16.5. The lowest BCUT2D eigenvalue weighted by molar-refractivity contribution is -0.126. The van der Waals surface area contributed by atoms with E-state index in [0.29, 0.717) is 37.5 Å². The molecule has 3 rings (SSSR count). The van der Waals surface area contributed by atoms with Crippen molar-refractivity contribution in [2.75, 3.05) is 45.2 Å². The van der Waals surface area contributed by atoms with Gasteiger partial charge < -0.3 is 19.4 Å². The number of rotatable bonds is 2. The second-order valence-corrected chi connectivity index (χ2v) is 6.44. The average molecular weight is 351 g/mol. The van der Waals surface area contributed by atoms with Gasteiger partial charge in [0.25, 0.3) is 5.91 Å². The second-order valence-electron chi connectivity index (χ2n) is 6.44. The van der Waals surface area contributed by atoms with Crippen LogP contribution in [-0.2, 0) is 4.79 Å². The zero-order valence-corrected chi connectivity index (χ0v) is 15.2. The van der Waals surface area contributed by atoms with Crippen LogP contribution in [-0.4, -0.2) is 68.4 Å². The summed E-state index contributed by atoms with van der Waals surface area (Å²) in [6.07, 6.45) is 1.66. The third-order valence-electron chi connectivity index (χ3n) is 4.37. The Kier molecular flexibility index (Phi) is 4.99. The molecule has 7 nitrogen and oxygen atoms in total. The van der Waals surface area contributed by atoms with Gasteiger partial charge in [-0.2, -0.15) is 5.26 Å². The molecule has 1 aromatic carbocycles. The van der Waals surface area contributed by atoms with Gasteiger partial charge in [0, 0.05) is 39.8 Å². The molecule has 0 saturated carbocycles. The minimum absolute atomic E-state index is 0.0570. The van der Waals surface area contributed by atoms with E-state index < -0.39 is 0 Å². The molecule has 1 fully saturated rings. The highest BCUT2D eigenvalue weighted by Gasteiger charge is 2.34. The third-order valence-corrected chi connectivity index (χ3v) is 4.37. The molecule has 2 aliphatic heterocycles. The molecule has 0 bridgehead atoms. The van der Waals surface area contributed by atoms with Crippen molar-refractivity contribution in [2.45, 2.75) is 13.0 Å². The molecule has 0 radical (unpaired) electrons. The Morgan fingerprint density at radius 1 is 1.42 bits per heavy atom. The number of nitrogens with zero attached hydrogens (tertiary/aromatic N) is 5. The van der Waals surface area contributed by atoms with Crippen molar-refractivity contribution >= 4 is 23.6 Å². The molecule has 0 unspecified atom stereocenters. The van der Waals surface area contributed by atoms with Crippen LogP contribution in [0.5, 0.6) is 5.75 Å².